The molecule has 4 heteroatoms. The Kier molecular flexibility index (Phi) is 2.49. The van der Waals surface area contributed by atoms with E-state index in [9.17, 15) is 13.9 Å². The first kappa shape index (κ1) is 11.5. The molecule has 16 heavy (non-hydrogen) atoms. The summed E-state index contributed by atoms with van der Waals surface area (Å²) in [5, 5.41) is 9.98. The first-order valence-corrected chi connectivity index (χ1v) is 5.39. The fraction of sp³-hybridized carbons (Fsp3) is 0.583. The highest BCUT2D eigenvalue weighted by atomic mass is 19.3. The van der Waals surface area contributed by atoms with Crippen LogP contribution in [0.1, 0.15) is 43.9 Å². The number of pyridine rings is 1. The van der Waals surface area contributed by atoms with E-state index in [1.54, 1.807) is 12.3 Å². The molecule has 1 aliphatic carbocycles. The third-order valence-corrected chi connectivity index (χ3v) is 3.03. The Morgan fingerprint density at radius 2 is 2.00 bits per heavy atom. The number of hydrogen-bond acceptors (Lipinski definition) is 2. The van der Waals surface area contributed by atoms with Crippen molar-refractivity contribution in [3.05, 3.63) is 29.6 Å². The van der Waals surface area contributed by atoms with Crippen molar-refractivity contribution in [3.8, 4) is 0 Å². The average Bonchev–Trinajstić information content (AvgIpc) is 2.15. The molecule has 0 aliphatic heterocycles. The molecule has 2 nitrogen and oxygen atoms in total. The monoisotopic (exact) mass is 227 g/mol. The van der Waals surface area contributed by atoms with Gasteiger partial charge in [0, 0.05) is 19.0 Å². The van der Waals surface area contributed by atoms with Gasteiger partial charge in [0.05, 0.1) is 5.69 Å². The summed E-state index contributed by atoms with van der Waals surface area (Å²) < 4.78 is 25.6. The topological polar surface area (TPSA) is 33.1 Å². The van der Waals surface area contributed by atoms with Gasteiger partial charge in [-0.15, -0.1) is 0 Å². The van der Waals surface area contributed by atoms with Crippen molar-refractivity contribution in [3.63, 3.8) is 0 Å². The van der Waals surface area contributed by atoms with Gasteiger partial charge in [-0.05, 0) is 23.6 Å². The van der Waals surface area contributed by atoms with Crippen molar-refractivity contribution < 1.29 is 13.9 Å². The Morgan fingerprint density at radius 1 is 1.38 bits per heavy atom. The minimum Gasteiger partial charge on any atom is -0.383 e. The van der Waals surface area contributed by atoms with Crippen molar-refractivity contribution in [2.45, 2.75) is 44.1 Å². The summed E-state index contributed by atoms with van der Waals surface area (Å²) in [5.74, 6) is -2.45. The van der Waals surface area contributed by atoms with E-state index >= 15 is 0 Å². The number of nitrogens with zero attached hydrogens (tertiary/aromatic N) is 1. The molecule has 88 valence electrons. The Bertz CT molecular complexity index is 396. The lowest BCUT2D eigenvalue weighted by Gasteiger charge is -2.42. The average molecular weight is 227 g/mol. The molecule has 1 aromatic rings. The fourth-order valence-electron chi connectivity index (χ4n) is 2.05. The summed E-state index contributed by atoms with van der Waals surface area (Å²) in [6.45, 7) is 4.02. The lowest BCUT2D eigenvalue weighted by molar-refractivity contribution is -0.212. The predicted molar refractivity (Wildman–Crippen MR) is 56.4 cm³/mol. The van der Waals surface area contributed by atoms with Crippen LogP contribution in [0.5, 0.6) is 0 Å². The Morgan fingerprint density at radius 3 is 2.50 bits per heavy atom. The van der Waals surface area contributed by atoms with Gasteiger partial charge in [0.1, 0.15) is 5.60 Å². The molecule has 1 heterocycles. The summed E-state index contributed by atoms with van der Waals surface area (Å²) in [4.78, 5) is 4.00. The van der Waals surface area contributed by atoms with E-state index in [2.05, 4.69) is 4.98 Å². The smallest absolute Gasteiger partial charge is 0.254 e. The van der Waals surface area contributed by atoms with Gasteiger partial charge < -0.3 is 5.11 Å². The molecule has 0 unspecified atom stereocenters. The molecule has 0 atom stereocenters. The highest BCUT2D eigenvalue weighted by molar-refractivity contribution is 5.26. The van der Waals surface area contributed by atoms with Crippen LogP contribution in [0.3, 0.4) is 0 Å². The zero-order chi connectivity index (χ0) is 12.0. The van der Waals surface area contributed by atoms with Gasteiger partial charge in [-0.25, -0.2) is 8.78 Å². The minimum atomic E-state index is -2.75. The predicted octanol–water partition coefficient (Wildman–Crippen LogP) is 2.82. The van der Waals surface area contributed by atoms with Crippen molar-refractivity contribution >= 4 is 0 Å². The summed E-state index contributed by atoms with van der Waals surface area (Å²) in [5.41, 5.74) is -0.0627. The van der Waals surface area contributed by atoms with Crippen molar-refractivity contribution in [1.29, 1.82) is 0 Å². The molecule has 1 fully saturated rings. The highest BCUT2D eigenvalue weighted by Crippen LogP contribution is 2.51. The van der Waals surface area contributed by atoms with E-state index in [0.717, 1.165) is 5.56 Å². The number of halogens is 2. The van der Waals surface area contributed by atoms with Gasteiger partial charge >= 0.3 is 0 Å². The first-order chi connectivity index (χ1) is 7.32. The molecule has 1 aliphatic rings. The van der Waals surface area contributed by atoms with Crippen LogP contribution in [0.2, 0.25) is 0 Å². The normalized spacial score (nSPS) is 21.9. The van der Waals surface area contributed by atoms with Crippen molar-refractivity contribution in [1.82, 2.24) is 4.98 Å². The zero-order valence-corrected chi connectivity index (χ0v) is 9.37. The van der Waals surface area contributed by atoms with Crippen LogP contribution in [0.15, 0.2) is 18.3 Å². The van der Waals surface area contributed by atoms with Gasteiger partial charge in [-0.3, -0.25) is 4.98 Å². The number of hydrogen-bond donors (Lipinski definition) is 1. The third kappa shape index (κ3) is 1.94. The molecule has 0 saturated heterocycles. The van der Waals surface area contributed by atoms with Crippen LogP contribution in [0, 0.1) is 0 Å². The van der Waals surface area contributed by atoms with Crippen LogP contribution >= 0.6 is 0 Å². The second-order valence-corrected chi connectivity index (χ2v) is 4.87. The maximum Gasteiger partial charge on any atom is 0.254 e. The summed E-state index contributed by atoms with van der Waals surface area (Å²) in [7, 11) is 0. The van der Waals surface area contributed by atoms with E-state index in [1.165, 1.54) is 0 Å². The first-order valence-electron chi connectivity index (χ1n) is 5.39. The number of aliphatic hydroxyl groups is 1. The molecule has 1 N–H and O–H groups in total. The van der Waals surface area contributed by atoms with Crippen LogP contribution < -0.4 is 0 Å². The largest absolute Gasteiger partial charge is 0.383 e. The molecule has 2 rings (SSSR count). The molecule has 0 amide bonds. The molecular formula is C12H15F2NO. The Balaban J connectivity index is 2.25. The Hall–Kier alpha value is -1.03. The number of aromatic nitrogens is 1. The van der Waals surface area contributed by atoms with Crippen LogP contribution in [-0.2, 0) is 5.60 Å². The highest BCUT2D eigenvalue weighted by Gasteiger charge is 2.57. The van der Waals surface area contributed by atoms with Crippen LogP contribution in [-0.4, -0.2) is 16.0 Å². The molecule has 1 saturated carbocycles. The van der Waals surface area contributed by atoms with E-state index in [-0.39, 0.29) is 0 Å². The van der Waals surface area contributed by atoms with Gasteiger partial charge in [-0.1, -0.05) is 13.8 Å². The molecule has 0 aromatic carbocycles. The quantitative estimate of drug-likeness (QED) is 0.842. The molecule has 0 radical (unpaired) electrons. The minimum absolute atomic E-state index is 0.297. The number of alkyl halides is 2. The van der Waals surface area contributed by atoms with Crippen LogP contribution in [0.25, 0.3) is 0 Å². The molecule has 1 aromatic heterocycles. The van der Waals surface area contributed by atoms with Gasteiger partial charge in [0.2, 0.25) is 0 Å². The maximum absolute atomic E-state index is 12.8. The lowest BCUT2D eigenvalue weighted by atomic mass is 9.74. The van der Waals surface area contributed by atoms with Crippen LogP contribution in [0.4, 0.5) is 8.78 Å². The van der Waals surface area contributed by atoms with Crippen molar-refractivity contribution in [2.24, 2.45) is 0 Å². The zero-order valence-electron chi connectivity index (χ0n) is 9.37. The van der Waals surface area contributed by atoms with Gasteiger partial charge in [0.25, 0.3) is 5.92 Å². The van der Waals surface area contributed by atoms with Gasteiger partial charge in [0.15, 0.2) is 0 Å². The summed E-state index contributed by atoms with van der Waals surface area (Å²) >= 11 is 0. The fourth-order valence-corrected chi connectivity index (χ4v) is 2.05. The van der Waals surface area contributed by atoms with E-state index in [1.807, 2.05) is 19.9 Å². The summed E-state index contributed by atoms with van der Waals surface area (Å²) in [6.07, 6.45) is 0.530. The molecule has 0 spiro atoms. The molecular weight excluding hydrogens is 212 g/mol. The van der Waals surface area contributed by atoms with E-state index in [0.29, 0.717) is 11.6 Å². The third-order valence-electron chi connectivity index (χ3n) is 3.03. The van der Waals surface area contributed by atoms with E-state index in [4.69, 9.17) is 0 Å². The lowest BCUT2D eigenvalue weighted by Crippen LogP contribution is -2.49. The standard InChI is InChI=1S/C12H15F2NO/c1-8(2)9-3-4-15-10(5-9)11(16)6-12(13,14)7-11/h3-5,8,16H,6-7H2,1-2H3. The Labute approximate surface area is 93.3 Å². The van der Waals surface area contributed by atoms with Crippen molar-refractivity contribution in [2.75, 3.05) is 0 Å². The second kappa shape index (κ2) is 3.48. The SMILES string of the molecule is CC(C)c1ccnc(C2(O)CC(F)(F)C2)c1. The second-order valence-electron chi connectivity index (χ2n) is 4.87. The van der Waals surface area contributed by atoms with Gasteiger partial charge in [-0.2, -0.15) is 0 Å². The molecule has 0 bridgehead atoms. The van der Waals surface area contributed by atoms with E-state index < -0.39 is 24.4 Å². The summed E-state index contributed by atoms with van der Waals surface area (Å²) in [6, 6.07) is 3.56. The maximum atomic E-state index is 12.8. The number of rotatable bonds is 2.